The van der Waals surface area contributed by atoms with Crippen LogP contribution in [0.4, 0.5) is 4.39 Å². The Morgan fingerprint density at radius 3 is 2.12 bits per heavy atom. The van der Waals surface area contributed by atoms with E-state index >= 15 is 0 Å². The monoisotopic (exact) mass is 339 g/mol. The van der Waals surface area contributed by atoms with Crippen LogP contribution in [-0.2, 0) is 4.74 Å². The Labute approximate surface area is 147 Å². The Bertz CT molecular complexity index is 748. The molecule has 0 radical (unpaired) electrons. The van der Waals surface area contributed by atoms with Gasteiger partial charge >= 0.3 is 0 Å². The SMILES string of the molecule is O=C(NC1CCC12CCOCC2)c1ccc(-c2ccc(F)cc2)cc1. The van der Waals surface area contributed by atoms with Crippen LogP contribution in [0.5, 0.6) is 0 Å². The maximum absolute atomic E-state index is 13.0. The summed E-state index contributed by atoms with van der Waals surface area (Å²) in [5.74, 6) is -0.261. The van der Waals surface area contributed by atoms with Crippen molar-refractivity contribution in [3.63, 3.8) is 0 Å². The van der Waals surface area contributed by atoms with Crippen molar-refractivity contribution in [1.29, 1.82) is 0 Å². The number of nitrogens with one attached hydrogen (secondary N) is 1. The molecule has 3 nitrogen and oxygen atoms in total. The fourth-order valence-corrected chi connectivity index (χ4v) is 4.00. The van der Waals surface area contributed by atoms with Gasteiger partial charge in [0.25, 0.3) is 5.91 Å². The predicted molar refractivity (Wildman–Crippen MR) is 94.8 cm³/mol. The lowest BCUT2D eigenvalue weighted by Crippen LogP contribution is -2.57. The second kappa shape index (κ2) is 6.60. The van der Waals surface area contributed by atoms with Gasteiger partial charge in [-0.1, -0.05) is 24.3 Å². The summed E-state index contributed by atoms with van der Waals surface area (Å²) in [4.78, 5) is 12.6. The predicted octanol–water partition coefficient (Wildman–Crippen LogP) is 4.18. The molecule has 1 saturated carbocycles. The van der Waals surface area contributed by atoms with Crippen molar-refractivity contribution in [1.82, 2.24) is 5.32 Å². The molecule has 1 amide bonds. The van der Waals surface area contributed by atoms with Gasteiger partial charge in [-0.3, -0.25) is 4.79 Å². The number of amides is 1. The van der Waals surface area contributed by atoms with Crippen molar-refractivity contribution in [2.24, 2.45) is 5.41 Å². The molecule has 25 heavy (non-hydrogen) atoms. The Morgan fingerprint density at radius 2 is 1.56 bits per heavy atom. The zero-order chi connectivity index (χ0) is 17.3. The second-order valence-corrected chi connectivity index (χ2v) is 7.12. The van der Waals surface area contributed by atoms with E-state index in [1.54, 1.807) is 12.1 Å². The molecular formula is C21H22FNO2. The largest absolute Gasteiger partial charge is 0.381 e. The van der Waals surface area contributed by atoms with Gasteiger partial charge in [0.1, 0.15) is 5.82 Å². The van der Waals surface area contributed by atoms with Gasteiger partial charge in [-0.2, -0.15) is 0 Å². The van der Waals surface area contributed by atoms with Gasteiger partial charge in [-0.15, -0.1) is 0 Å². The van der Waals surface area contributed by atoms with E-state index in [2.05, 4.69) is 5.32 Å². The molecule has 2 fully saturated rings. The van der Waals surface area contributed by atoms with Gasteiger partial charge in [0.05, 0.1) is 0 Å². The topological polar surface area (TPSA) is 38.3 Å². The lowest BCUT2D eigenvalue weighted by molar-refractivity contribution is -0.0523. The van der Waals surface area contributed by atoms with Crippen LogP contribution in [0.25, 0.3) is 11.1 Å². The zero-order valence-electron chi connectivity index (χ0n) is 14.1. The first-order valence-corrected chi connectivity index (χ1v) is 8.91. The number of halogens is 1. The van der Waals surface area contributed by atoms with Gasteiger partial charge in [0, 0.05) is 24.8 Å². The molecule has 4 rings (SSSR count). The van der Waals surface area contributed by atoms with E-state index in [9.17, 15) is 9.18 Å². The molecule has 1 saturated heterocycles. The Kier molecular flexibility index (Phi) is 4.30. The zero-order valence-corrected chi connectivity index (χ0v) is 14.1. The molecule has 4 heteroatoms. The molecule has 1 unspecified atom stereocenters. The van der Waals surface area contributed by atoms with Gasteiger partial charge in [-0.25, -0.2) is 4.39 Å². The molecule has 130 valence electrons. The van der Waals surface area contributed by atoms with Crippen molar-refractivity contribution < 1.29 is 13.9 Å². The highest BCUT2D eigenvalue weighted by atomic mass is 19.1. The number of benzene rings is 2. The fourth-order valence-electron chi connectivity index (χ4n) is 4.00. The van der Waals surface area contributed by atoms with Crippen molar-refractivity contribution in [2.75, 3.05) is 13.2 Å². The minimum atomic E-state index is -0.248. The van der Waals surface area contributed by atoms with Gasteiger partial charge in [0.2, 0.25) is 0 Å². The van der Waals surface area contributed by atoms with E-state index in [4.69, 9.17) is 4.74 Å². The summed E-state index contributed by atoms with van der Waals surface area (Å²) in [5.41, 5.74) is 2.83. The number of rotatable bonds is 3. The average Bonchev–Trinajstić information content (AvgIpc) is 2.66. The summed E-state index contributed by atoms with van der Waals surface area (Å²) in [6.45, 7) is 1.61. The van der Waals surface area contributed by atoms with Gasteiger partial charge in [-0.05, 0) is 66.5 Å². The van der Waals surface area contributed by atoms with E-state index in [0.717, 1.165) is 43.6 Å². The molecule has 1 heterocycles. The minimum absolute atomic E-state index is 0.0128. The Hall–Kier alpha value is -2.20. The van der Waals surface area contributed by atoms with Crippen molar-refractivity contribution in [2.45, 2.75) is 31.7 Å². The smallest absolute Gasteiger partial charge is 0.251 e. The van der Waals surface area contributed by atoms with Crippen LogP contribution < -0.4 is 5.32 Å². The lowest BCUT2D eigenvalue weighted by atomic mass is 9.60. The van der Waals surface area contributed by atoms with E-state index in [-0.39, 0.29) is 23.2 Å². The highest BCUT2D eigenvalue weighted by Gasteiger charge is 2.47. The molecule has 1 spiro atoms. The number of carbonyl (C=O) groups is 1. The van der Waals surface area contributed by atoms with Crippen molar-refractivity contribution >= 4 is 5.91 Å². The minimum Gasteiger partial charge on any atom is -0.381 e. The van der Waals surface area contributed by atoms with Crippen LogP contribution in [0.15, 0.2) is 48.5 Å². The standard InChI is InChI=1S/C21H22FNO2/c22-18-7-5-16(6-8-18)15-1-3-17(4-2-15)20(24)23-19-9-10-21(19)11-13-25-14-12-21/h1-8,19H,9-14H2,(H,23,24). The lowest BCUT2D eigenvalue weighted by Gasteiger charge is -2.52. The summed E-state index contributed by atoms with van der Waals surface area (Å²) >= 11 is 0. The maximum Gasteiger partial charge on any atom is 0.251 e. The first kappa shape index (κ1) is 16.3. The maximum atomic E-state index is 13.0. The number of carbonyl (C=O) groups excluding carboxylic acids is 1. The highest BCUT2D eigenvalue weighted by molar-refractivity contribution is 5.95. The molecule has 2 aromatic rings. The summed E-state index contributed by atoms with van der Waals surface area (Å²) in [7, 11) is 0. The third kappa shape index (κ3) is 3.19. The third-order valence-corrected chi connectivity index (χ3v) is 5.79. The van der Waals surface area contributed by atoms with Crippen LogP contribution in [0.1, 0.15) is 36.0 Å². The Morgan fingerprint density at radius 1 is 0.960 bits per heavy atom. The fraction of sp³-hybridized carbons (Fsp3) is 0.381. The molecule has 0 bridgehead atoms. The third-order valence-electron chi connectivity index (χ3n) is 5.79. The molecule has 1 N–H and O–H groups in total. The van der Waals surface area contributed by atoms with Crippen molar-refractivity contribution in [3.8, 4) is 11.1 Å². The number of hydrogen-bond donors (Lipinski definition) is 1. The van der Waals surface area contributed by atoms with E-state index < -0.39 is 0 Å². The molecule has 2 aliphatic rings. The number of hydrogen-bond acceptors (Lipinski definition) is 2. The quantitative estimate of drug-likeness (QED) is 0.911. The van der Waals surface area contributed by atoms with Crippen LogP contribution in [-0.4, -0.2) is 25.2 Å². The summed E-state index contributed by atoms with van der Waals surface area (Å²) < 4.78 is 18.5. The van der Waals surface area contributed by atoms with Gasteiger partial charge in [0.15, 0.2) is 0 Å². The van der Waals surface area contributed by atoms with Crippen LogP contribution in [0.2, 0.25) is 0 Å². The van der Waals surface area contributed by atoms with Crippen molar-refractivity contribution in [3.05, 3.63) is 59.9 Å². The average molecular weight is 339 g/mol. The summed E-state index contributed by atoms with van der Waals surface area (Å²) in [6.07, 6.45) is 4.33. The molecule has 2 aromatic carbocycles. The van der Waals surface area contributed by atoms with E-state index in [1.165, 1.54) is 18.6 Å². The van der Waals surface area contributed by atoms with Crippen LogP contribution >= 0.6 is 0 Å². The highest BCUT2D eigenvalue weighted by Crippen LogP contribution is 2.48. The normalized spacial score (nSPS) is 21.6. The first-order chi connectivity index (χ1) is 12.2. The molecule has 1 aliphatic carbocycles. The molecule has 1 atom stereocenters. The van der Waals surface area contributed by atoms with E-state index in [0.29, 0.717) is 5.56 Å². The molecular weight excluding hydrogens is 317 g/mol. The number of ether oxygens (including phenoxy) is 1. The van der Waals surface area contributed by atoms with Crippen LogP contribution in [0, 0.1) is 11.2 Å². The van der Waals surface area contributed by atoms with E-state index in [1.807, 2.05) is 24.3 Å². The summed E-state index contributed by atoms with van der Waals surface area (Å²) in [6, 6.07) is 14.1. The summed E-state index contributed by atoms with van der Waals surface area (Å²) in [5, 5.41) is 3.22. The second-order valence-electron chi connectivity index (χ2n) is 7.12. The first-order valence-electron chi connectivity index (χ1n) is 8.91. The van der Waals surface area contributed by atoms with Crippen LogP contribution in [0.3, 0.4) is 0 Å². The Balaban J connectivity index is 1.43. The molecule has 0 aromatic heterocycles. The van der Waals surface area contributed by atoms with Gasteiger partial charge < -0.3 is 10.1 Å². The molecule has 1 aliphatic heterocycles.